The zero-order chi connectivity index (χ0) is 20.4. The van der Waals surface area contributed by atoms with Crippen molar-refractivity contribution in [3.63, 3.8) is 0 Å². The van der Waals surface area contributed by atoms with Gasteiger partial charge in [-0.15, -0.1) is 0 Å². The zero-order valence-electron chi connectivity index (χ0n) is 17.3. The summed E-state index contributed by atoms with van der Waals surface area (Å²) < 4.78 is 25.2. The summed E-state index contributed by atoms with van der Waals surface area (Å²) in [6, 6.07) is 4.47. The molecule has 0 radical (unpaired) electrons. The first-order valence-electron chi connectivity index (χ1n) is 10.9. The standard InChI is InChI=1S/C21H32N4O3S/c1-29(27,28)25-10-4-5-18(16-25)20-9-8-17(15-22-20)21(26)24-13-11-23(12-14-24)19-6-2-3-7-19/h8-9,15,18-19H,2-7,10-14,16H2,1H3/t18-/m0/s1. The summed E-state index contributed by atoms with van der Waals surface area (Å²) >= 11 is 0. The van der Waals surface area contributed by atoms with E-state index < -0.39 is 10.0 Å². The average molecular weight is 421 g/mol. The molecule has 2 saturated heterocycles. The van der Waals surface area contributed by atoms with Crippen molar-refractivity contribution in [2.75, 3.05) is 45.5 Å². The predicted molar refractivity (Wildman–Crippen MR) is 112 cm³/mol. The number of nitrogens with zero attached hydrogens (tertiary/aromatic N) is 4. The number of carbonyl (C=O) groups excluding carboxylic acids is 1. The van der Waals surface area contributed by atoms with Crippen LogP contribution in [0.25, 0.3) is 0 Å². The summed E-state index contributed by atoms with van der Waals surface area (Å²) in [7, 11) is -3.17. The van der Waals surface area contributed by atoms with Crippen LogP contribution in [0.4, 0.5) is 0 Å². The van der Waals surface area contributed by atoms with Crippen LogP contribution in [-0.2, 0) is 10.0 Å². The molecule has 2 aliphatic heterocycles. The summed E-state index contributed by atoms with van der Waals surface area (Å²) in [5.74, 6) is 0.147. The van der Waals surface area contributed by atoms with Gasteiger partial charge in [-0.05, 0) is 37.8 Å². The Morgan fingerprint density at radius 3 is 2.34 bits per heavy atom. The molecule has 8 heteroatoms. The Balaban J connectivity index is 1.35. The molecule has 160 valence electrons. The number of pyridine rings is 1. The van der Waals surface area contributed by atoms with Gasteiger partial charge in [0.2, 0.25) is 10.0 Å². The van der Waals surface area contributed by atoms with Gasteiger partial charge in [0.05, 0.1) is 11.8 Å². The fourth-order valence-electron chi connectivity index (χ4n) is 5.00. The highest BCUT2D eigenvalue weighted by Crippen LogP contribution is 2.27. The molecule has 3 aliphatic rings. The summed E-state index contributed by atoms with van der Waals surface area (Å²) in [4.78, 5) is 21.9. The highest BCUT2D eigenvalue weighted by molar-refractivity contribution is 7.88. The van der Waals surface area contributed by atoms with Crippen LogP contribution in [0.15, 0.2) is 18.3 Å². The summed E-state index contributed by atoms with van der Waals surface area (Å²) in [5, 5.41) is 0. The second-order valence-corrected chi connectivity index (χ2v) is 10.7. The van der Waals surface area contributed by atoms with Crippen molar-refractivity contribution in [3.8, 4) is 0 Å². The molecular weight excluding hydrogens is 388 g/mol. The zero-order valence-corrected chi connectivity index (χ0v) is 18.1. The second-order valence-electron chi connectivity index (χ2n) is 8.70. The summed E-state index contributed by atoms with van der Waals surface area (Å²) in [5.41, 5.74) is 1.50. The van der Waals surface area contributed by atoms with Gasteiger partial charge < -0.3 is 4.90 Å². The van der Waals surface area contributed by atoms with E-state index >= 15 is 0 Å². The number of piperazine rings is 1. The van der Waals surface area contributed by atoms with Gasteiger partial charge in [0.15, 0.2) is 0 Å². The molecule has 1 atom stereocenters. The quantitative estimate of drug-likeness (QED) is 0.744. The van der Waals surface area contributed by atoms with Crippen molar-refractivity contribution in [1.82, 2.24) is 19.1 Å². The van der Waals surface area contributed by atoms with E-state index in [2.05, 4.69) is 9.88 Å². The summed E-state index contributed by atoms with van der Waals surface area (Å²) in [6.07, 6.45) is 9.97. The summed E-state index contributed by atoms with van der Waals surface area (Å²) in [6.45, 7) is 4.55. The number of sulfonamides is 1. The van der Waals surface area contributed by atoms with Crippen molar-refractivity contribution in [2.45, 2.75) is 50.5 Å². The largest absolute Gasteiger partial charge is 0.336 e. The Morgan fingerprint density at radius 1 is 1.00 bits per heavy atom. The van der Waals surface area contributed by atoms with Gasteiger partial charge in [-0.2, -0.15) is 0 Å². The lowest BCUT2D eigenvalue weighted by Gasteiger charge is -2.38. The molecule has 0 spiro atoms. The van der Waals surface area contributed by atoms with Gasteiger partial charge >= 0.3 is 0 Å². The number of amides is 1. The lowest BCUT2D eigenvalue weighted by atomic mass is 9.95. The van der Waals surface area contributed by atoms with E-state index in [1.165, 1.54) is 36.2 Å². The normalized spacial score (nSPS) is 25.4. The number of piperidine rings is 1. The van der Waals surface area contributed by atoms with E-state index in [-0.39, 0.29) is 11.8 Å². The molecule has 4 rings (SSSR count). The monoisotopic (exact) mass is 420 g/mol. The van der Waals surface area contributed by atoms with Crippen molar-refractivity contribution in [2.24, 2.45) is 0 Å². The minimum Gasteiger partial charge on any atom is -0.336 e. The number of carbonyl (C=O) groups is 1. The van der Waals surface area contributed by atoms with E-state index in [1.54, 1.807) is 6.20 Å². The fraction of sp³-hybridized carbons (Fsp3) is 0.714. The van der Waals surface area contributed by atoms with Gasteiger partial charge in [0.25, 0.3) is 5.91 Å². The average Bonchev–Trinajstić information content (AvgIpc) is 3.28. The minimum atomic E-state index is -3.17. The fourth-order valence-corrected chi connectivity index (χ4v) is 5.91. The van der Waals surface area contributed by atoms with Crippen LogP contribution in [0.1, 0.15) is 60.5 Å². The van der Waals surface area contributed by atoms with Gasteiger partial charge in [-0.3, -0.25) is 14.7 Å². The van der Waals surface area contributed by atoms with Gasteiger partial charge in [-0.1, -0.05) is 12.8 Å². The lowest BCUT2D eigenvalue weighted by molar-refractivity contribution is 0.0573. The van der Waals surface area contributed by atoms with Crippen LogP contribution in [0.2, 0.25) is 0 Å². The maximum absolute atomic E-state index is 12.9. The van der Waals surface area contributed by atoms with Crippen molar-refractivity contribution >= 4 is 15.9 Å². The molecule has 7 nitrogen and oxygen atoms in total. The number of hydrogen-bond donors (Lipinski definition) is 0. The van der Waals surface area contributed by atoms with Crippen LogP contribution < -0.4 is 0 Å². The lowest BCUT2D eigenvalue weighted by Crippen LogP contribution is -2.51. The molecule has 0 aromatic carbocycles. The Kier molecular flexibility index (Phi) is 6.22. The second kappa shape index (κ2) is 8.70. The van der Waals surface area contributed by atoms with E-state index in [9.17, 15) is 13.2 Å². The Bertz CT molecular complexity index is 813. The molecule has 3 fully saturated rings. The number of hydrogen-bond acceptors (Lipinski definition) is 5. The van der Waals surface area contributed by atoms with Crippen molar-refractivity contribution in [1.29, 1.82) is 0 Å². The Labute approximate surface area is 174 Å². The molecule has 0 N–H and O–H groups in total. The van der Waals surface area contributed by atoms with Crippen molar-refractivity contribution in [3.05, 3.63) is 29.6 Å². The molecule has 1 aliphatic carbocycles. The topological polar surface area (TPSA) is 73.8 Å². The van der Waals surface area contributed by atoms with E-state index in [0.717, 1.165) is 50.8 Å². The molecule has 1 saturated carbocycles. The molecule has 0 unspecified atom stereocenters. The third kappa shape index (κ3) is 4.81. The molecular formula is C21H32N4O3S. The van der Waals surface area contributed by atoms with Crippen LogP contribution in [0.3, 0.4) is 0 Å². The maximum Gasteiger partial charge on any atom is 0.255 e. The highest BCUT2D eigenvalue weighted by atomic mass is 32.2. The molecule has 1 aromatic rings. The van der Waals surface area contributed by atoms with Crippen LogP contribution in [-0.4, -0.2) is 85.0 Å². The van der Waals surface area contributed by atoms with E-state index in [1.807, 2.05) is 17.0 Å². The van der Waals surface area contributed by atoms with Gasteiger partial charge in [0.1, 0.15) is 0 Å². The van der Waals surface area contributed by atoms with E-state index in [4.69, 9.17) is 0 Å². The first kappa shape index (κ1) is 20.8. The first-order valence-corrected chi connectivity index (χ1v) is 12.7. The number of aromatic nitrogens is 1. The maximum atomic E-state index is 12.9. The Hall–Kier alpha value is -1.51. The highest BCUT2D eigenvalue weighted by Gasteiger charge is 2.30. The van der Waals surface area contributed by atoms with E-state index in [0.29, 0.717) is 18.7 Å². The molecule has 3 heterocycles. The van der Waals surface area contributed by atoms with Crippen molar-refractivity contribution < 1.29 is 13.2 Å². The molecule has 1 amide bonds. The third-order valence-corrected chi connectivity index (χ3v) is 8.02. The Morgan fingerprint density at radius 2 is 1.72 bits per heavy atom. The predicted octanol–water partition coefficient (Wildman–Crippen LogP) is 1.92. The van der Waals surface area contributed by atoms with Gasteiger partial charge in [-0.25, -0.2) is 12.7 Å². The molecule has 29 heavy (non-hydrogen) atoms. The SMILES string of the molecule is CS(=O)(=O)N1CCC[C@H](c2ccc(C(=O)N3CCN(C4CCCC4)CC3)cn2)C1. The van der Waals surface area contributed by atoms with Gasteiger partial charge in [0, 0.05) is 63.1 Å². The van der Waals surface area contributed by atoms with Crippen LogP contribution >= 0.6 is 0 Å². The third-order valence-electron chi connectivity index (χ3n) is 6.75. The van der Waals surface area contributed by atoms with Crippen LogP contribution in [0.5, 0.6) is 0 Å². The number of rotatable bonds is 4. The minimum absolute atomic E-state index is 0.0523. The first-order chi connectivity index (χ1) is 13.9. The van der Waals surface area contributed by atoms with Crippen LogP contribution in [0, 0.1) is 0 Å². The molecule has 0 bridgehead atoms. The molecule has 1 aromatic heterocycles. The smallest absolute Gasteiger partial charge is 0.255 e.